The molecule has 51 valence electrons. The summed E-state index contributed by atoms with van der Waals surface area (Å²) < 4.78 is 0. The molecule has 0 spiro atoms. The van der Waals surface area contributed by atoms with Crippen LogP contribution in [0.15, 0.2) is 12.7 Å². The summed E-state index contributed by atoms with van der Waals surface area (Å²) in [7, 11) is 0. The second-order valence-corrected chi connectivity index (χ2v) is 2.48. The summed E-state index contributed by atoms with van der Waals surface area (Å²) in [6, 6.07) is 1.47. The molecule has 1 aliphatic heterocycles. The first-order valence-corrected chi connectivity index (χ1v) is 3.63. The monoisotopic (exact) mass is 124 g/mol. The second kappa shape index (κ2) is 3.67. The minimum Gasteiger partial charge on any atom is -0.309 e. The predicted octanol–water partition coefficient (Wildman–Crippen LogP) is 1.87. The first-order valence-electron chi connectivity index (χ1n) is 3.63. The van der Waals surface area contributed by atoms with E-state index in [-0.39, 0.29) is 0 Å². The molecule has 1 N–H and O–H groups in total. The molecule has 1 heteroatoms. The van der Waals surface area contributed by atoms with Gasteiger partial charge in [-0.25, -0.2) is 0 Å². The van der Waals surface area contributed by atoms with Gasteiger partial charge in [0.15, 0.2) is 0 Å². The third-order valence-electron chi connectivity index (χ3n) is 1.67. The number of hydrogen-bond donors (Lipinski definition) is 1. The van der Waals surface area contributed by atoms with E-state index < -0.39 is 0 Å². The predicted molar refractivity (Wildman–Crippen MR) is 39.9 cm³/mol. The van der Waals surface area contributed by atoms with Crippen molar-refractivity contribution in [1.29, 1.82) is 0 Å². The molecule has 0 aromatic carbocycles. The lowest BCUT2D eigenvalue weighted by Crippen LogP contribution is -2.26. The van der Waals surface area contributed by atoms with Gasteiger partial charge in [-0.15, -0.1) is 6.58 Å². The summed E-state index contributed by atoms with van der Waals surface area (Å²) in [5, 5.41) is 3.37. The molecule has 0 aliphatic carbocycles. The Balaban J connectivity index is 2.15. The molecule has 0 amide bonds. The van der Waals surface area contributed by atoms with E-state index in [1.165, 1.54) is 31.8 Å². The lowest BCUT2D eigenvalue weighted by Gasteiger charge is -2.20. The van der Waals surface area contributed by atoms with Gasteiger partial charge in [0.05, 0.1) is 0 Å². The summed E-state index contributed by atoms with van der Waals surface area (Å²) in [4.78, 5) is 0. The molecule has 0 unspecified atom stereocenters. The quantitative estimate of drug-likeness (QED) is 0.554. The zero-order valence-corrected chi connectivity index (χ0v) is 5.82. The highest BCUT2D eigenvalue weighted by Gasteiger charge is 2.10. The van der Waals surface area contributed by atoms with E-state index in [0.717, 1.165) is 6.42 Å². The highest BCUT2D eigenvalue weighted by molar-refractivity contribution is 4.95. The summed E-state index contributed by atoms with van der Waals surface area (Å²) in [5.41, 5.74) is 0. The Labute approximate surface area is 57.1 Å². The third-order valence-corrected chi connectivity index (χ3v) is 1.67. The van der Waals surface area contributed by atoms with Gasteiger partial charge in [0.2, 0.25) is 0 Å². The first kappa shape index (κ1) is 6.81. The van der Waals surface area contributed by atoms with E-state index in [1.807, 2.05) is 6.08 Å². The normalized spacial score (nSPS) is 21.8. The molecule has 0 aromatic rings. The van der Waals surface area contributed by atoms with Crippen molar-refractivity contribution < 1.29 is 0 Å². The SMILES string of the molecule is C=CC[C]1CCCCN1. The van der Waals surface area contributed by atoms with Crippen molar-refractivity contribution in [3.63, 3.8) is 0 Å². The molecule has 9 heavy (non-hydrogen) atoms. The van der Waals surface area contributed by atoms with Gasteiger partial charge in [-0.3, -0.25) is 0 Å². The Morgan fingerprint density at radius 3 is 3.00 bits per heavy atom. The van der Waals surface area contributed by atoms with E-state index in [0.29, 0.717) is 0 Å². The topological polar surface area (TPSA) is 12.0 Å². The number of nitrogens with one attached hydrogen (secondary N) is 1. The lowest BCUT2D eigenvalue weighted by molar-refractivity contribution is 0.502. The van der Waals surface area contributed by atoms with Crippen LogP contribution in [-0.4, -0.2) is 6.54 Å². The maximum Gasteiger partial charge on any atom is 0.0401 e. The molecule has 1 saturated heterocycles. The van der Waals surface area contributed by atoms with Crippen LogP contribution in [0.2, 0.25) is 0 Å². The van der Waals surface area contributed by atoms with Crippen LogP contribution in [0.25, 0.3) is 0 Å². The zero-order valence-electron chi connectivity index (χ0n) is 5.82. The van der Waals surface area contributed by atoms with Crippen molar-refractivity contribution in [3.05, 3.63) is 18.7 Å². The fraction of sp³-hybridized carbons (Fsp3) is 0.625. The van der Waals surface area contributed by atoms with E-state index >= 15 is 0 Å². The molecular formula is C8H14N. The Hall–Kier alpha value is -0.300. The molecule has 1 rings (SSSR count). The molecule has 0 saturated carbocycles. The van der Waals surface area contributed by atoms with E-state index in [9.17, 15) is 0 Å². The highest BCUT2D eigenvalue weighted by atomic mass is 14.9. The van der Waals surface area contributed by atoms with Gasteiger partial charge in [0, 0.05) is 6.04 Å². The fourth-order valence-corrected chi connectivity index (χ4v) is 1.17. The van der Waals surface area contributed by atoms with Crippen LogP contribution in [0.5, 0.6) is 0 Å². The highest BCUT2D eigenvalue weighted by Crippen LogP contribution is 2.16. The minimum atomic E-state index is 1.06. The standard InChI is InChI=1S/C8H14N/c1-2-5-8-6-3-4-7-9-8/h2,9H,1,3-7H2. The van der Waals surface area contributed by atoms with Crippen LogP contribution in [0.3, 0.4) is 0 Å². The van der Waals surface area contributed by atoms with Gasteiger partial charge in [0.25, 0.3) is 0 Å². The van der Waals surface area contributed by atoms with Crippen LogP contribution in [0.1, 0.15) is 25.7 Å². The van der Waals surface area contributed by atoms with Gasteiger partial charge < -0.3 is 5.32 Å². The summed E-state index contributed by atoms with van der Waals surface area (Å²) in [5.74, 6) is 0. The van der Waals surface area contributed by atoms with Crippen LogP contribution in [-0.2, 0) is 0 Å². The van der Waals surface area contributed by atoms with Crippen molar-refractivity contribution in [2.45, 2.75) is 25.7 Å². The van der Waals surface area contributed by atoms with Crippen molar-refractivity contribution in [1.82, 2.24) is 5.32 Å². The van der Waals surface area contributed by atoms with Gasteiger partial charge in [-0.05, 0) is 25.8 Å². The summed E-state index contributed by atoms with van der Waals surface area (Å²) in [6.45, 7) is 4.86. The number of rotatable bonds is 2. The Bertz CT molecular complexity index is 82.6. The van der Waals surface area contributed by atoms with Crippen LogP contribution in [0, 0.1) is 6.04 Å². The van der Waals surface area contributed by atoms with Crippen molar-refractivity contribution in [2.75, 3.05) is 6.54 Å². The molecule has 0 aromatic heterocycles. The molecule has 1 heterocycles. The molecule has 1 aliphatic rings. The molecular weight excluding hydrogens is 110 g/mol. The smallest absolute Gasteiger partial charge is 0.0401 e. The van der Waals surface area contributed by atoms with Crippen LogP contribution < -0.4 is 5.32 Å². The molecule has 0 atom stereocenters. The minimum absolute atomic E-state index is 1.06. The molecule has 1 fully saturated rings. The van der Waals surface area contributed by atoms with Gasteiger partial charge >= 0.3 is 0 Å². The van der Waals surface area contributed by atoms with Crippen LogP contribution >= 0.6 is 0 Å². The Morgan fingerprint density at radius 2 is 2.44 bits per heavy atom. The third kappa shape index (κ3) is 2.19. The maximum absolute atomic E-state index is 3.69. The molecule has 0 bridgehead atoms. The average Bonchev–Trinajstić information content (AvgIpc) is 1.91. The van der Waals surface area contributed by atoms with Gasteiger partial charge in [-0.2, -0.15) is 0 Å². The second-order valence-electron chi connectivity index (χ2n) is 2.48. The zero-order chi connectivity index (χ0) is 6.53. The average molecular weight is 124 g/mol. The number of piperidine rings is 1. The van der Waals surface area contributed by atoms with Crippen molar-refractivity contribution in [3.8, 4) is 0 Å². The Morgan fingerprint density at radius 1 is 1.56 bits per heavy atom. The van der Waals surface area contributed by atoms with E-state index in [2.05, 4.69) is 11.9 Å². The van der Waals surface area contributed by atoms with Crippen LogP contribution in [0.4, 0.5) is 0 Å². The van der Waals surface area contributed by atoms with Crippen molar-refractivity contribution in [2.24, 2.45) is 0 Å². The molecule has 1 radical (unpaired) electrons. The van der Waals surface area contributed by atoms with Gasteiger partial charge in [-0.1, -0.05) is 12.5 Å². The Kier molecular flexibility index (Phi) is 2.78. The lowest BCUT2D eigenvalue weighted by atomic mass is 10.0. The number of hydrogen-bond acceptors (Lipinski definition) is 1. The first-order chi connectivity index (χ1) is 4.43. The van der Waals surface area contributed by atoms with Crippen molar-refractivity contribution >= 4 is 0 Å². The summed E-state index contributed by atoms with van der Waals surface area (Å²) in [6.07, 6.45) is 6.97. The molecule has 1 nitrogen and oxygen atoms in total. The largest absolute Gasteiger partial charge is 0.309 e. The van der Waals surface area contributed by atoms with E-state index in [1.54, 1.807) is 0 Å². The fourth-order valence-electron chi connectivity index (χ4n) is 1.17. The van der Waals surface area contributed by atoms with E-state index in [4.69, 9.17) is 0 Å². The summed E-state index contributed by atoms with van der Waals surface area (Å²) >= 11 is 0. The maximum atomic E-state index is 3.69. The van der Waals surface area contributed by atoms with Gasteiger partial charge in [0.1, 0.15) is 0 Å².